The lowest BCUT2D eigenvalue weighted by Crippen LogP contribution is -2.15. The van der Waals surface area contributed by atoms with Crippen molar-refractivity contribution in [3.63, 3.8) is 0 Å². The van der Waals surface area contributed by atoms with Gasteiger partial charge in [0.25, 0.3) is 0 Å². The van der Waals surface area contributed by atoms with Crippen molar-refractivity contribution in [1.29, 1.82) is 0 Å². The van der Waals surface area contributed by atoms with Crippen LogP contribution >= 0.6 is 23.1 Å². The fourth-order valence-corrected chi connectivity index (χ4v) is 3.81. The molecular formula is C8H11NS2. The molecule has 2 rings (SSSR count). The maximum Gasteiger partial charge on any atom is 0.0633 e. The van der Waals surface area contributed by atoms with Crippen molar-refractivity contribution >= 4 is 23.1 Å². The summed E-state index contributed by atoms with van der Waals surface area (Å²) in [5.41, 5.74) is 7.17. The van der Waals surface area contributed by atoms with E-state index in [-0.39, 0.29) is 0 Å². The van der Waals surface area contributed by atoms with Crippen LogP contribution in [0.1, 0.15) is 17.9 Å². The molecule has 0 radical (unpaired) electrons. The topological polar surface area (TPSA) is 26.0 Å². The first-order valence-electron chi connectivity index (χ1n) is 3.82. The van der Waals surface area contributed by atoms with Gasteiger partial charge in [0.1, 0.15) is 0 Å². The first-order chi connectivity index (χ1) is 5.42. The maximum absolute atomic E-state index is 5.67. The Balaban J connectivity index is 2.32. The molecule has 1 atom stereocenters. The van der Waals surface area contributed by atoms with Gasteiger partial charge in [-0.3, -0.25) is 0 Å². The molecule has 1 unspecified atom stereocenters. The van der Waals surface area contributed by atoms with Crippen LogP contribution in [0.25, 0.3) is 0 Å². The third kappa shape index (κ3) is 1.33. The van der Waals surface area contributed by atoms with Crippen LogP contribution in [0.4, 0.5) is 0 Å². The minimum atomic E-state index is 0.637. The Labute approximate surface area is 75.0 Å². The molecule has 0 spiro atoms. The van der Waals surface area contributed by atoms with Crippen molar-refractivity contribution in [2.24, 2.45) is 5.73 Å². The molecule has 0 amide bonds. The molecule has 2 N–H and O–H groups in total. The van der Waals surface area contributed by atoms with E-state index in [4.69, 9.17) is 5.73 Å². The molecule has 3 heteroatoms. The lowest BCUT2D eigenvalue weighted by molar-refractivity contribution is 0.665. The van der Waals surface area contributed by atoms with E-state index in [1.165, 1.54) is 21.9 Å². The van der Waals surface area contributed by atoms with Gasteiger partial charge in [-0.25, -0.2) is 0 Å². The third-order valence-corrected chi connectivity index (χ3v) is 4.38. The summed E-state index contributed by atoms with van der Waals surface area (Å²) in [6, 6.07) is 2.23. The van der Waals surface area contributed by atoms with Gasteiger partial charge in [0.2, 0.25) is 0 Å². The van der Waals surface area contributed by atoms with E-state index in [1.807, 2.05) is 23.1 Å². The highest BCUT2D eigenvalue weighted by Crippen LogP contribution is 2.40. The quantitative estimate of drug-likeness (QED) is 0.726. The second-order valence-electron chi connectivity index (χ2n) is 2.73. The molecule has 0 aromatic carbocycles. The van der Waals surface area contributed by atoms with E-state index in [0.717, 1.165) is 6.54 Å². The van der Waals surface area contributed by atoms with Crippen LogP contribution < -0.4 is 5.73 Å². The van der Waals surface area contributed by atoms with E-state index in [1.54, 1.807) is 0 Å². The largest absolute Gasteiger partial charge is 0.330 e. The second-order valence-corrected chi connectivity index (χ2v) is 5.01. The van der Waals surface area contributed by atoms with Gasteiger partial charge < -0.3 is 5.73 Å². The summed E-state index contributed by atoms with van der Waals surface area (Å²) >= 11 is 3.83. The first-order valence-corrected chi connectivity index (χ1v) is 5.68. The molecule has 0 aliphatic carbocycles. The van der Waals surface area contributed by atoms with Crippen LogP contribution in [0.2, 0.25) is 0 Å². The van der Waals surface area contributed by atoms with Crippen LogP contribution in [0.5, 0.6) is 0 Å². The van der Waals surface area contributed by atoms with E-state index >= 15 is 0 Å². The molecule has 2 heterocycles. The van der Waals surface area contributed by atoms with Gasteiger partial charge in [0.05, 0.1) is 4.21 Å². The predicted octanol–water partition coefficient (Wildman–Crippen LogP) is 2.29. The molecule has 1 nitrogen and oxygen atoms in total. The molecule has 60 valence electrons. The van der Waals surface area contributed by atoms with E-state index in [2.05, 4.69) is 11.4 Å². The van der Waals surface area contributed by atoms with E-state index < -0.39 is 0 Å². The molecule has 0 bridgehead atoms. The molecule has 1 aromatic heterocycles. The fourth-order valence-electron chi connectivity index (χ4n) is 1.42. The summed E-state index contributed by atoms with van der Waals surface area (Å²) < 4.78 is 1.49. The van der Waals surface area contributed by atoms with Gasteiger partial charge in [-0.15, -0.1) is 23.1 Å². The molecule has 1 aliphatic heterocycles. The minimum absolute atomic E-state index is 0.637. The Hall–Kier alpha value is 0.0100. The number of rotatable bonds is 1. The van der Waals surface area contributed by atoms with E-state index in [9.17, 15) is 0 Å². The van der Waals surface area contributed by atoms with Crippen molar-refractivity contribution in [2.45, 2.75) is 16.5 Å². The average molecular weight is 185 g/mol. The minimum Gasteiger partial charge on any atom is -0.330 e. The van der Waals surface area contributed by atoms with Gasteiger partial charge in [0.15, 0.2) is 0 Å². The molecule has 0 saturated carbocycles. The SMILES string of the molecule is NCC1CCSc2sccc21. The molecule has 1 aliphatic rings. The van der Waals surface area contributed by atoms with Crippen molar-refractivity contribution in [2.75, 3.05) is 12.3 Å². The number of hydrogen-bond donors (Lipinski definition) is 1. The Bertz CT molecular complexity index is 244. The van der Waals surface area contributed by atoms with Crippen LogP contribution in [0.15, 0.2) is 15.7 Å². The number of fused-ring (bicyclic) bond motifs is 1. The summed E-state index contributed by atoms with van der Waals surface area (Å²) in [6.07, 6.45) is 1.25. The van der Waals surface area contributed by atoms with Crippen molar-refractivity contribution in [1.82, 2.24) is 0 Å². The molecule has 1 aromatic rings. The summed E-state index contributed by atoms with van der Waals surface area (Å²) in [6.45, 7) is 0.810. The zero-order valence-corrected chi connectivity index (χ0v) is 7.88. The van der Waals surface area contributed by atoms with Crippen LogP contribution in [-0.4, -0.2) is 12.3 Å². The van der Waals surface area contributed by atoms with Crippen LogP contribution in [0, 0.1) is 0 Å². The zero-order valence-electron chi connectivity index (χ0n) is 6.25. The van der Waals surface area contributed by atoms with Gasteiger partial charge >= 0.3 is 0 Å². The lowest BCUT2D eigenvalue weighted by atomic mass is 9.99. The van der Waals surface area contributed by atoms with Gasteiger partial charge in [-0.1, -0.05) is 0 Å². The van der Waals surface area contributed by atoms with Gasteiger partial charge in [-0.2, -0.15) is 0 Å². The van der Waals surface area contributed by atoms with Gasteiger partial charge in [0, 0.05) is 0 Å². The number of hydrogen-bond acceptors (Lipinski definition) is 3. The summed E-state index contributed by atoms with van der Waals surface area (Å²) in [5.74, 6) is 1.88. The zero-order chi connectivity index (χ0) is 7.68. The number of thiophene rings is 1. The van der Waals surface area contributed by atoms with E-state index in [0.29, 0.717) is 5.92 Å². The summed E-state index contributed by atoms with van der Waals surface area (Å²) in [4.78, 5) is 0. The first kappa shape index (κ1) is 7.65. The summed E-state index contributed by atoms with van der Waals surface area (Å²) in [5, 5.41) is 2.17. The number of thioether (sulfide) groups is 1. The smallest absolute Gasteiger partial charge is 0.0633 e. The average Bonchev–Trinajstić information content (AvgIpc) is 2.50. The third-order valence-electron chi connectivity index (χ3n) is 2.08. The maximum atomic E-state index is 5.67. The van der Waals surface area contributed by atoms with Crippen molar-refractivity contribution in [3.8, 4) is 0 Å². The summed E-state index contributed by atoms with van der Waals surface area (Å²) in [7, 11) is 0. The molecule has 11 heavy (non-hydrogen) atoms. The monoisotopic (exact) mass is 185 g/mol. The fraction of sp³-hybridized carbons (Fsp3) is 0.500. The predicted molar refractivity (Wildman–Crippen MR) is 51.5 cm³/mol. The van der Waals surface area contributed by atoms with Crippen molar-refractivity contribution < 1.29 is 0 Å². The normalized spacial score (nSPS) is 23.2. The molecule has 0 saturated heterocycles. The second kappa shape index (κ2) is 3.17. The number of nitrogens with two attached hydrogens (primary N) is 1. The van der Waals surface area contributed by atoms with Crippen LogP contribution in [-0.2, 0) is 0 Å². The Morgan fingerprint density at radius 3 is 3.36 bits per heavy atom. The highest BCUT2D eigenvalue weighted by molar-refractivity contribution is 8.01. The molecular weight excluding hydrogens is 174 g/mol. The highest BCUT2D eigenvalue weighted by Gasteiger charge is 2.19. The van der Waals surface area contributed by atoms with Crippen LogP contribution in [0.3, 0.4) is 0 Å². The Kier molecular flexibility index (Phi) is 2.20. The van der Waals surface area contributed by atoms with Crippen molar-refractivity contribution in [3.05, 3.63) is 17.0 Å². The Morgan fingerprint density at radius 2 is 2.55 bits per heavy atom. The molecule has 0 fully saturated rings. The highest BCUT2D eigenvalue weighted by atomic mass is 32.2. The lowest BCUT2D eigenvalue weighted by Gasteiger charge is -2.19. The standard InChI is InChI=1S/C8H11NS2/c9-5-6-1-3-10-8-7(6)2-4-11-8/h2,4,6H,1,3,5,9H2. The van der Waals surface area contributed by atoms with Gasteiger partial charge in [-0.05, 0) is 41.6 Å². The Morgan fingerprint density at radius 1 is 1.64 bits per heavy atom.